The van der Waals surface area contributed by atoms with E-state index in [0.717, 1.165) is 12.8 Å². The molecule has 0 spiro atoms. The molecular weight excluding hydrogens is 228 g/mol. The lowest BCUT2D eigenvalue weighted by molar-refractivity contribution is 0.885. The van der Waals surface area contributed by atoms with Crippen molar-refractivity contribution in [3.05, 3.63) is 59.7 Å². The van der Waals surface area contributed by atoms with Crippen LogP contribution in [0.25, 0.3) is 0 Å². The topological polar surface area (TPSA) is 0 Å². The van der Waals surface area contributed by atoms with Gasteiger partial charge in [0.25, 0.3) is 0 Å². The van der Waals surface area contributed by atoms with Gasteiger partial charge in [0, 0.05) is 0 Å². The van der Waals surface area contributed by atoms with Crippen molar-refractivity contribution in [1.82, 2.24) is 0 Å². The fourth-order valence-corrected chi connectivity index (χ4v) is 1.56. The summed E-state index contributed by atoms with van der Waals surface area (Å²) >= 11 is 0. The van der Waals surface area contributed by atoms with Crippen molar-refractivity contribution in [2.45, 2.75) is 47.0 Å². The Bertz CT molecular complexity index is 352. The van der Waals surface area contributed by atoms with Crippen LogP contribution in [0, 0.1) is 12.8 Å². The van der Waals surface area contributed by atoms with Crippen molar-refractivity contribution >= 4 is 0 Å². The van der Waals surface area contributed by atoms with E-state index in [1.54, 1.807) is 0 Å². The molecule has 1 rings (SSSR count). The Morgan fingerprint density at radius 1 is 1.11 bits per heavy atom. The minimum absolute atomic E-state index is 1.15. The summed E-state index contributed by atoms with van der Waals surface area (Å²) in [7, 11) is 0. The van der Waals surface area contributed by atoms with E-state index in [9.17, 15) is 0 Å². The number of benzene rings is 1. The highest BCUT2D eigenvalue weighted by molar-refractivity contribution is 5.18. The summed E-state index contributed by atoms with van der Waals surface area (Å²) in [6, 6.07) is 10.7. The maximum Gasteiger partial charge on any atom is -0.0241 e. The van der Waals surface area contributed by atoms with Gasteiger partial charge in [-0.1, -0.05) is 74.9 Å². The second-order valence-corrected chi connectivity index (χ2v) is 3.69. The van der Waals surface area contributed by atoms with Gasteiger partial charge in [-0.25, -0.2) is 0 Å². The third-order valence-corrected chi connectivity index (χ3v) is 2.56. The zero-order chi connectivity index (χ0) is 14.9. The van der Waals surface area contributed by atoms with Crippen molar-refractivity contribution in [2.24, 2.45) is 0 Å². The van der Waals surface area contributed by atoms with Crippen molar-refractivity contribution in [2.75, 3.05) is 0 Å². The lowest BCUT2D eigenvalue weighted by Gasteiger charge is -2.03. The van der Waals surface area contributed by atoms with Crippen LogP contribution in [0.1, 0.15) is 46.1 Å². The zero-order valence-electron chi connectivity index (χ0n) is 12.9. The number of aryl methyl sites for hydroxylation is 1. The minimum Gasteiger partial charge on any atom is -0.124 e. The van der Waals surface area contributed by atoms with Gasteiger partial charge in [0.15, 0.2) is 0 Å². The monoisotopic (exact) mass is 256 g/mol. The SMILES string of the molecule is C#C.C/C=C\C=C(/CC)CCc1ccccc1.CC. The van der Waals surface area contributed by atoms with E-state index in [1.165, 1.54) is 17.6 Å². The third kappa shape index (κ3) is 11.1. The van der Waals surface area contributed by atoms with Crippen LogP contribution >= 0.6 is 0 Å². The van der Waals surface area contributed by atoms with Crippen LogP contribution in [0.2, 0.25) is 0 Å². The summed E-state index contributed by atoms with van der Waals surface area (Å²) in [5.41, 5.74) is 2.95. The lowest BCUT2D eigenvalue weighted by Crippen LogP contribution is -1.87. The molecule has 0 nitrogen and oxygen atoms in total. The lowest BCUT2D eigenvalue weighted by atomic mass is 10.0. The maximum atomic E-state index is 4.00. The number of hydrogen-bond donors (Lipinski definition) is 0. The van der Waals surface area contributed by atoms with Crippen LogP contribution < -0.4 is 0 Å². The van der Waals surface area contributed by atoms with Gasteiger partial charge in [-0.05, 0) is 31.7 Å². The molecule has 0 bridgehead atoms. The molecule has 0 aliphatic carbocycles. The first-order chi connectivity index (χ1) is 9.36. The summed E-state index contributed by atoms with van der Waals surface area (Å²) in [5.74, 6) is 0. The normalized spacial score (nSPS) is 10.1. The summed E-state index contributed by atoms with van der Waals surface area (Å²) in [4.78, 5) is 0. The van der Waals surface area contributed by atoms with Crippen molar-refractivity contribution in [1.29, 1.82) is 0 Å². The average molecular weight is 256 g/mol. The van der Waals surface area contributed by atoms with Gasteiger partial charge >= 0.3 is 0 Å². The Balaban J connectivity index is 0. The summed E-state index contributed by atoms with van der Waals surface area (Å²) in [5, 5.41) is 0. The first kappa shape index (κ1) is 19.6. The molecular formula is C19H28. The number of rotatable bonds is 5. The highest BCUT2D eigenvalue weighted by Crippen LogP contribution is 2.12. The van der Waals surface area contributed by atoms with Crippen LogP contribution in [-0.2, 0) is 6.42 Å². The molecule has 0 aromatic heterocycles. The van der Waals surface area contributed by atoms with Crippen LogP contribution in [-0.4, -0.2) is 0 Å². The molecule has 0 unspecified atom stereocenters. The average Bonchev–Trinajstić information content (AvgIpc) is 2.52. The second-order valence-electron chi connectivity index (χ2n) is 3.69. The summed E-state index contributed by atoms with van der Waals surface area (Å²) < 4.78 is 0. The van der Waals surface area contributed by atoms with Crippen molar-refractivity contribution in [3.63, 3.8) is 0 Å². The molecule has 0 atom stereocenters. The molecule has 1 aromatic carbocycles. The smallest absolute Gasteiger partial charge is 0.0241 e. The van der Waals surface area contributed by atoms with E-state index in [4.69, 9.17) is 0 Å². The first-order valence-electron chi connectivity index (χ1n) is 7.04. The Morgan fingerprint density at radius 3 is 2.16 bits per heavy atom. The molecule has 0 aliphatic heterocycles. The van der Waals surface area contributed by atoms with E-state index < -0.39 is 0 Å². The Morgan fingerprint density at radius 2 is 1.68 bits per heavy atom. The first-order valence-corrected chi connectivity index (χ1v) is 7.04. The third-order valence-electron chi connectivity index (χ3n) is 2.56. The molecule has 0 aliphatic rings. The molecule has 0 saturated carbocycles. The van der Waals surface area contributed by atoms with E-state index >= 15 is 0 Å². The van der Waals surface area contributed by atoms with Gasteiger partial charge in [0.1, 0.15) is 0 Å². The molecule has 0 radical (unpaired) electrons. The number of hydrogen-bond acceptors (Lipinski definition) is 0. The van der Waals surface area contributed by atoms with E-state index in [2.05, 4.69) is 75.3 Å². The highest BCUT2D eigenvalue weighted by atomic mass is 14.0. The van der Waals surface area contributed by atoms with Crippen LogP contribution in [0.5, 0.6) is 0 Å². The summed E-state index contributed by atoms with van der Waals surface area (Å²) in [6.45, 7) is 8.28. The van der Waals surface area contributed by atoms with Gasteiger partial charge in [-0.15, -0.1) is 12.8 Å². The molecule has 0 heteroatoms. The predicted octanol–water partition coefficient (Wildman–Crippen LogP) is 5.81. The quantitative estimate of drug-likeness (QED) is 0.461. The van der Waals surface area contributed by atoms with Crippen LogP contribution in [0.3, 0.4) is 0 Å². The Labute approximate surface area is 120 Å². The molecule has 19 heavy (non-hydrogen) atoms. The van der Waals surface area contributed by atoms with Gasteiger partial charge < -0.3 is 0 Å². The van der Waals surface area contributed by atoms with Gasteiger partial charge in [0.2, 0.25) is 0 Å². The van der Waals surface area contributed by atoms with Crippen molar-refractivity contribution < 1.29 is 0 Å². The number of terminal acetylenes is 1. The molecule has 0 saturated heterocycles. The number of allylic oxidation sites excluding steroid dienone is 4. The standard InChI is InChI=1S/C15H20.C2H6.C2H2/c1-3-5-9-14(4-2)12-13-15-10-7-6-8-11-15;2*1-2/h3,5-11H,4,12-13H2,1-2H3;1-2H3;1-2H/b5-3-,14-9+;;. The molecule has 104 valence electrons. The van der Waals surface area contributed by atoms with E-state index in [-0.39, 0.29) is 0 Å². The van der Waals surface area contributed by atoms with Crippen LogP contribution in [0.4, 0.5) is 0 Å². The predicted molar refractivity (Wildman–Crippen MR) is 89.2 cm³/mol. The van der Waals surface area contributed by atoms with Gasteiger partial charge in [-0.3, -0.25) is 0 Å². The molecule has 1 aromatic rings. The van der Waals surface area contributed by atoms with Crippen molar-refractivity contribution in [3.8, 4) is 12.8 Å². The Hall–Kier alpha value is -1.74. The zero-order valence-corrected chi connectivity index (χ0v) is 12.9. The van der Waals surface area contributed by atoms with Gasteiger partial charge in [0.05, 0.1) is 0 Å². The van der Waals surface area contributed by atoms with E-state index in [1.807, 2.05) is 13.8 Å². The molecule has 0 fully saturated rings. The molecule has 0 amide bonds. The minimum atomic E-state index is 1.15. The fraction of sp³-hybridized carbons (Fsp3) is 0.368. The largest absolute Gasteiger partial charge is 0.124 e. The molecule has 0 N–H and O–H groups in total. The summed E-state index contributed by atoms with van der Waals surface area (Å²) in [6.07, 6.45) is 17.9. The second kappa shape index (κ2) is 16.3. The maximum absolute atomic E-state index is 4.00. The van der Waals surface area contributed by atoms with Gasteiger partial charge in [-0.2, -0.15) is 0 Å². The van der Waals surface area contributed by atoms with Crippen LogP contribution in [0.15, 0.2) is 54.1 Å². The Kier molecular flexibility index (Phi) is 16.8. The highest BCUT2D eigenvalue weighted by Gasteiger charge is 1.95. The van der Waals surface area contributed by atoms with E-state index in [0.29, 0.717) is 0 Å². The fourth-order valence-electron chi connectivity index (χ4n) is 1.56. The molecule has 0 heterocycles.